The van der Waals surface area contributed by atoms with Crippen LogP contribution in [-0.2, 0) is 12.8 Å². The minimum Gasteiger partial charge on any atom is -0.507 e. The van der Waals surface area contributed by atoms with E-state index in [0.717, 1.165) is 43.2 Å². The fourth-order valence-electron chi connectivity index (χ4n) is 4.96. The minimum atomic E-state index is -1.03. The Morgan fingerprint density at radius 3 is 1.38 bits per heavy atom. The van der Waals surface area contributed by atoms with Crippen LogP contribution in [-0.4, -0.2) is 16.2 Å². The van der Waals surface area contributed by atoms with Crippen LogP contribution in [0.15, 0.2) is 12.1 Å². The van der Waals surface area contributed by atoms with Gasteiger partial charge in [-0.3, -0.25) is 0 Å². The molecule has 3 heteroatoms. The number of benzene rings is 1. The molecule has 1 rings (SSSR count). The highest BCUT2D eigenvalue weighted by Gasteiger charge is 2.16. The molecule has 196 valence electrons. The Morgan fingerprint density at radius 1 is 0.588 bits per heavy atom. The molecular formula is C31H54O3. The molecule has 0 aromatic heterocycles. The van der Waals surface area contributed by atoms with Gasteiger partial charge in [0, 0.05) is 0 Å². The maximum atomic E-state index is 11.5. The van der Waals surface area contributed by atoms with Gasteiger partial charge in [0.25, 0.3) is 0 Å². The van der Waals surface area contributed by atoms with E-state index in [1.807, 2.05) is 6.07 Å². The first kappa shape index (κ1) is 30.5. The van der Waals surface area contributed by atoms with Crippen LogP contribution in [0.4, 0.5) is 0 Å². The van der Waals surface area contributed by atoms with Crippen LogP contribution in [0.3, 0.4) is 0 Å². The number of carboxylic acids is 1. The highest BCUT2D eigenvalue weighted by molar-refractivity contribution is 5.91. The summed E-state index contributed by atoms with van der Waals surface area (Å²) in [5.41, 5.74) is 2.09. The Balaban J connectivity index is 2.36. The number of hydrogen-bond acceptors (Lipinski definition) is 2. The standard InChI is InChI=1S/C31H54O3/c1-3-5-7-9-11-13-15-17-19-21-23-27-25-26-29(31(33)34)30(32)28(27)24-22-20-18-16-14-12-10-8-6-4-2/h25-26,32H,3-24H2,1-2H3,(H,33,34). The fourth-order valence-corrected chi connectivity index (χ4v) is 4.96. The van der Waals surface area contributed by atoms with Crippen LogP contribution in [0, 0.1) is 0 Å². The van der Waals surface area contributed by atoms with Crippen molar-refractivity contribution in [2.45, 2.75) is 155 Å². The normalized spacial score (nSPS) is 11.2. The van der Waals surface area contributed by atoms with E-state index in [4.69, 9.17) is 0 Å². The summed E-state index contributed by atoms with van der Waals surface area (Å²) in [6.07, 6.45) is 27.6. The lowest BCUT2D eigenvalue weighted by atomic mass is 9.93. The second-order valence-electron chi connectivity index (χ2n) is 10.3. The maximum absolute atomic E-state index is 11.5. The van der Waals surface area contributed by atoms with Crippen molar-refractivity contribution < 1.29 is 15.0 Å². The Bertz CT molecular complexity index is 638. The number of hydrogen-bond donors (Lipinski definition) is 2. The van der Waals surface area contributed by atoms with E-state index in [0.29, 0.717) is 0 Å². The molecular weight excluding hydrogens is 420 g/mol. The van der Waals surface area contributed by atoms with E-state index in [-0.39, 0.29) is 11.3 Å². The maximum Gasteiger partial charge on any atom is 0.339 e. The van der Waals surface area contributed by atoms with Crippen LogP contribution >= 0.6 is 0 Å². The highest BCUT2D eigenvalue weighted by Crippen LogP contribution is 2.29. The number of unbranched alkanes of at least 4 members (excludes halogenated alkanes) is 18. The fraction of sp³-hybridized carbons (Fsp3) is 0.774. The molecule has 0 bridgehead atoms. The molecule has 0 aliphatic heterocycles. The molecule has 0 radical (unpaired) electrons. The summed E-state index contributed by atoms with van der Waals surface area (Å²) in [6, 6.07) is 3.54. The van der Waals surface area contributed by atoms with Gasteiger partial charge in [0.1, 0.15) is 11.3 Å². The van der Waals surface area contributed by atoms with Crippen LogP contribution in [0.2, 0.25) is 0 Å². The molecule has 0 aliphatic carbocycles. The summed E-state index contributed by atoms with van der Waals surface area (Å²) >= 11 is 0. The Labute approximate surface area is 210 Å². The predicted molar refractivity (Wildman–Crippen MR) is 146 cm³/mol. The molecule has 0 saturated carbocycles. The molecule has 0 atom stereocenters. The van der Waals surface area contributed by atoms with Gasteiger partial charge >= 0.3 is 5.97 Å². The monoisotopic (exact) mass is 474 g/mol. The van der Waals surface area contributed by atoms with Crippen molar-refractivity contribution in [1.29, 1.82) is 0 Å². The molecule has 2 N–H and O–H groups in total. The number of aromatic hydroxyl groups is 1. The third-order valence-corrected chi connectivity index (χ3v) is 7.19. The lowest BCUT2D eigenvalue weighted by Gasteiger charge is -2.14. The zero-order valence-electron chi connectivity index (χ0n) is 22.5. The molecule has 0 aliphatic rings. The minimum absolute atomic E-state index is 0.00741. The average molecular weight is 475 g/mol. The first-order chi connectivity index (χ1) is 16.6. The van der Waals surface area contributed by atoms with E-state index in [9.17, 15) is 15.0 Å². The van der Waals surface area contributed by atoms with E-state index in [2.05, 4.69) is 13.8 Å². The van der Waals surface area contributed by atoms with Gasteiger partial charge in [-0.1, -0.05) is 135 Å². The lowest BCUT2D eigenvalue weighted by molar-refractivity contribution is 0.0693. The third-order valence-electron chi connectivity index (χ3n) is 7.19. The van der Waals surface area contributed by atoms with Crippen molar-refractivity contribution in [2.75, 3.05) is 0 Å². The molecule has 0 amide bonds. The largest absolute Gasteiger partial charge is 0.507 e. The van der Waals surface area contributed by atoms with Gasteiger partial charge in [0.2, 0.25) is 0 Å². The van der Waals surface area contributed by atoms with Crippen molar-refractivity contribution in [2.24, 2.45) is 0 Å². The summed E-state index contributed by atoms with van der Waals surface area (Å²) in [7, 11) is 0. The van der Waals surface area contributed by atoms with Gasteiger partial charge in [-0.25, -0.2) is 4.79 Å². The predicted octanol–water partition coefficient (Wildman–Crippen LogP) is 10.0. The van der Waals surface area contributed by atoms with Crippen molar-refractivity contribution in [3.63, 3.8) is 0 Å². The Kier molecular flexibility index (Phi) is 18.7. The van der Waals surface area contributed by atoms with Gasteiger partial charge in [-0.15, -0.1) is 0 Å². The van der Waals surface area contributed by atoms with Crippen LogP contribution in [0.1, 0.15) is 164 Å². The number of carboxylic acid groups (broad SMARTS) is 1. The molecule has 1 aromatic carbocycles. The zero-order chi connectivity index (χ0) is 24.9. The zero-order valence-corrected chi connectivity index (χ0v) is 22.5. The first-order valence-corrected chi connectivity index (χ1v) is 14.7. The van der Waals surface area contributed by atoms with Crippen LogP contribution in [0.25, 0.3) is 0 Å². The van der Waals surface area contributed by atoms with E-state index < -0.39 is 5.97 Å². The molecule has 0 fully saturated rings. The van der Waals surface area contributed by atoms with Crippen molar-refractivity contribution >= 4 is 5.97 Å². The smallest absolute Gasteiger partial charge is 0.339 e. The summed E-state index contributed by atoms with van der Waals surface area (Å²) in [5.74, 6) is -1.03. The average Bonchev–Trinajstić information content (AvgIpc) is 2.82. The number of aromatic carboxylic acids is 1. The summed E-state index contributed by atoms with van der Waals surface area (Å²) in [5, 5.41) is 20.1. The van der Waals surface area contributed by atoms with Crippen LogP contribution < -0.4 is 0 Å². The highest BCUT2D eigenvalue weighted by atomic mass is 16.4. The molecule has 3 nitrogen and oxygen atoms in total. The molecule has 1 aromatic rings. The second kappa shape index (κ2) is 20.8. The third kappa shape index (κ3) is 14.0. The van der Waals surface area contributed by atoms with Gasteiger partial charge in [0.15, 0.2) is 0 Å². The Morgan fingerprint density at radius 2 is 0.971 bits per heavy atom. The number of aryl methyl sites for hydroxylation is 1. The van der Waals surface area contributed by atoms with Gasteiger partial charge < -0.3 is 10.2 Å². The second-order valence-corrected chi connectivity index (χ2v) is 10.3. The molecule has 34 heavy (non-hydrogen) atoms. The first-order valence-electron chi connectivity index (χ1n) is 14.7. The quantitative estimate of drug-likeness (QED) is 0.155. The van der Waals surface area contributed by atoms with Crippen LogP contribution in [0.5, 0.6) is 5.75 Å². The van der Waals surface area contributed by atoms with Gasteiger partial charge in [0.05, 0.1) is 0 Å². The molecule has 0 spiro atoms. The SMILES string of the molecule is CCCCCCCCCCCCc1ccc(C(=O)O)c(O)c1CCCCCCCCCCCC. The number of phenols is 1. The Hall–Kier alpha value is -1.51. The van der Waals surface area contributed by atoms with Crippen molar-refractivity contribution in [3.8, 4) is 5.75 Å². The molecule has 0 heterocycles. The van der Waals surface area contributed by atoms with Crippen molar-refractivity contribution in [3.05, 3.63) is 28.8 Å². The summed E-state index contributed by atoms with van der Waals surface area (Å²) in [4.78, 5) is 11.5. The van der Waals surface area contributed by atoms with E-state index in [1.165, 1.54) is 109 Å². The lowest BCUT2D eigenvalue weighted by Crippen LogP contribution is -2.03. The van der Waals surface area contributed by atoms with Gasteiger partial charge in [-0.2, -0.15) is 0 Å². The molecule has 0 saturated heterocycles. The van der Waals surface area contributed by atoms with Gasteiger partial charge in [-0.05, 0) is 42.9 Å². The molecule has 0 unspecified atom stereocenters. The number of rotatable bonds is 23. The summed E-state index contributed by atoms with van der Waals surface area (Å²) < 4.78 is 0. The van der Waals surface area contributed by atoms with E-state index in [1.54, 1.807) is 6.07 Å². The van der Waals surface area contributed by atoms with Crippen molar-refractivity contribution in [1.82, 2.24) is 0 Å². The number of carbonyl (C=O) groups is 1. The summed E-state index contributed by atoms with van der Waals surface area (Å²) in [6.45, 7) is 4.52. The topological polar surface area (TPSA) is 57.5 Å². The van der Waals surface area contributed by atoms with E-state index >= 15 is 0 Å².